The second-order valence-corrected chi connectivity index (χ2v) is 7.26. The molecule has 136 valence electrons. The van der Waals surface area contributed by atoms with Gasteiger partial charge in [-0.3, -0.25) is 4.79 Å². The van der Waals surface area contributed by atoms with Crippen molar-refractivity contribution in [3.8, 4) is 11.5 Å². The topological polar surface area (TPSA) is 38.8 Å². The van der Waals surface area contributed by atoms with E-state index in [1.807, 2.05) is 53.4 Å². The van der Waals surface area contributed by atoms with E-state index in [-0.39, 0.29) is 11.5 Å². The summed E-state index contributed by atoms with van der Waals surface area (Å²) in [5.41, 5.74) is 1.04. The first kappa shape index (κ1) is 17.1. The van der Waals surface area contributed by atoms with Crippen LogP contribution in [0, 0.1) is 0 Å². The van der Waals surface area contributed by atoms with Gasteiger partial charge in [-0.1, -0.05) is 30.3 Å². The van der Waals surface area contributed by atoms with Gasteiger partial charge in [-0.05, 0) is 55.5 Å². The van der Waals surface area contributed by atoms with Crippen LogP contribution in [0.15, 0.2) is 54.6 Å². The summed E-state index contributed by atoms with van der Waals surface area (Å²) in [7, 11) is 0. The third kappa shape index (κ3) is 3.91. The van der Waals surface area contributed by atoms with E-state index in [1.54, 1.807) is 0 Å². The van der Waals surface area contributed by atoms with Crippen LogP contribution >= 0.6 is 0 Å². The second kappa shape index (κ2) is 7.50. The van der Waals surface area contributed by atoms with Crippen LogP contribution in [0.4, 0.5) is 0 Å². The molecule has 26 heavy (non-hydrogen) atoms. The van der Waals surface area contributed by atoms with Crippen LogP contribution in [0.25, 0.3) is 0 Å². The number of benzene rings is 2. The molecule has 2 aromatic carbocycles. The minimum absolute atomic E-state index is 0.0529. The summed E-state index contributed by atoms with van der Waals surface area (Å²) in [6.45, 7) is 2.23. The zero-order valence-corrected chi connectivity index (χ0v) is 15.0. The summed E-state index contributed by atoms with van der Waals surface area (Å²) in [5.74, 6) is 1.84. The van der Waals surface area contributed by atoms with Crippen molar-refractivity contribution < 1.29 is 14.3 Å². The van der Waals surface area contributed by atoms with Gasteiger partial charge in [0.2, 0.25) is 5.91 Å². The molecule has 2 saturated heterocycles. The van der Waals surface area contributed by atoms with Gasteiger partial charge in [0.1, 0.15) is 11.5 Å². The third-order valence-electron chi connectivity index (χ3n) is 5.42. The smallest absolute Gasteiger partial charge is 0.222 e. The van der Waals surface area contributed by atoms with Gasteiger partial charge in [0.05, 0.1) is 5.60 Å². The number of carbonyl (C=O) groups excluding carboxylic acids is 1. The van der Waals surface area contributed by atoms with E-state index >= 15 is 0 Å². The average molecular weight is 351 g/mol. The Kier molecular flexibility index (Phi) is 4.93. The second-order valence-electron chi connectivity index (χ2n) is 7.26. The molecule has 4 rings (SSSR count). The number of hydrogen-bond acceptors (Lipinski definition) is 3. The first-order valence-electron chi connectivity index (χ1n) is 9.46. The molecule has 1 spiro atoms. The van der Waals surface area contributed by atoms with Gasteiger partial charge in [0, 0.05) is 26.1 Å². The van der Waals surface area contributed by atoms with E-state index in [2.05, 4.69) is 6.07 Å². The molecule has 1 amide bonds. The Hall–Kier alpha value is -2.33. The molecule has 0 aromatic heterocycles. The van der Waals surface area contributed by atoms with E-state index in [4.69, 9.17) is 9.47 Å². The lowest BCUT2D eigenvalue weighted by molar-refractivity contribution is -0.131. The lowest BCUT2D eigenvalue weighted by Crippen LogP contribution is -2.32. The molecular weight excluding hydrogens is 326 g/mol. The van der Waals surface area contributed by atoms with Crippen LogP contribution in [-0.2, 0) is 16.1 Å². The molecule has 0 saturated carbocycles. The van der Waals surface area contributed by atoms with Crippen molar-refractivity contribution in [2.75, 3.05) is 13.2 Å². The maximum atomic E-state index is 12.6. The number of nitrogens with zero attached hydrogens (tertiary/aromatic N) is 1. The van der Waals surface area contributed by atoms with Crippen LogP contribution in [0.5, 0.6) is 11.5 Å². The van der Waals surface area contributed by atoms with Crippen molar-refractivity contribution >= 4 is 5.91 Å². The minimum Gasteiger partial charge on any atom is -0.457 e. The number of para-hydroxylation sites is 1. The molecule has 1 atom stereocenters. The fraction of sp³-hybridized carbons (Fsp3) is 0.409. The van der Waals surface area contributed by atoms with Crippen LogP contribution in [0.3, 0.4) is 0 Å². The van der Waals surface area contributed by atoms with Gasteiger partial charge < -0.3 is 14.4 Å². The number of hydrogen-bond donors (Lipinski definition) is 0. The lowest BCUT2D eigenvalue weighted by Gasteiger charge is -2.26. The predicted octanol–water partition coefficient (Wildman–Crippen LogP) is 4.54. The van der Waals surface area contributed by atoms with Crippen molar-refractivity contribution in [3.63, 3.8) is 0 Å². The Labute approximate surface area is 154 Å². The van der Waals surface area contributed by atoms with Gasteiger partial charge in [-0.25, -0.2) is 0 Å². The molecule has 0 bridgehead atoms. The number of amides is 1. The number of ether oxygens (including phenoxy) is 2. The highest BCUT2D eigenvalue weighted by atomic mass is 16.5. The van der Waals surface area contributed by atoms with E-state index in [9.17, 15) is 4.79 Å². The van der Waals surface area contributed by atoms with E-state index in [0.717, 1.165) is 55.9 Å². The number of carbonyl (C=O) groups is 1. The van der Waals surface area contributed by atoms with Gasteiger partial charge in [-0.15, -0.1) is 0 Å². The van der Waals surface area contributed by atoms with Crippen molar-refractivity contribution in [3.05, 3.63) is 60.2 Å². The molecule has 0 radical (unpaired) electrons. The predicted molar refractivity (Wildman–Crippen MR) is 100 cm³/mol. The lowest BCUT2D eigenvalue weighted by atomic mass is 9.92. The molecule has 2 fully saturated rings. The van der Waals surface area contributed by atoms with Crippen LogP contribution in [0.2, 0.25) is 0 Å². The summed E-state index contributed by atoms with van der Waals surface area (Å²) in [6, 6.07) is 17.8. The summed E-state index contributed by atoms with van der Waals surface area (Å²) in [4.78, 5) is 14.5. The average Bonchev–Trinajstić information content (AvgIpc) is 3.07. The van der Waals surface area contributed by atoms with E-state index < -0.39 is 0 Å². The largest absolute Gasteiger partial charge is 0.457 e. The SMILES string of the molecule is O=C1CC[C@]2(CCCO2)CCN1Cc1cccc(Oc2ccccc2)c1. The molecule has 2 aliphatic heterocycles. The molecule has 0 unspecified atom stereocenters. The Bertz CT molecular complexity index is 753. The number of rotatable bonds is 4. The number of likely N-dealkylation sites (tertiary alicyclic amines) is 1. The van der Waals surface area contributed by atoms with Crippen molar-refractivity contribution in [2.24, 2.45) is 0 Å². The molecule has 2 aliphatic rings. The van der Waals surface area contributed by atoms with Crippen molar-refractivity contribution in [1.82, 2.24) is 4.90 Å². The fourth-order valence-electron chi connectivity index (χ4n) is 3.95. The van der Waals surface area contributed by atoms with Gasteiger partial charge in [0.15, 0.2) is 0 Å². The fourth-order valence-corrected chi connectivity index (χ4v) is 3.95. The normalized spacial score (nSPS) is 23.2. The third-order valence-corrected chi connectivity index (χ3v) is 5.42. The molecule has 0 N–H and O–H groups in total. The Morgan fingerprint density at radius 1 is 1.00 bits per heavy atom. The molecule has 0 aliphatic carbocycles. The van der Waals surface area contributed by atoms with E-state index in [0.29, 0.717) is 13.0 Å². The highest BCUT2D eigenvalue weighted by molar-refractivity contribution is 5.76. The summed E-state index contributed by atoms with van der Waals surface area (Å²) >= 11 is 0. The molecule has 2 heterocycles. The van der Waals surface area contributed by atoms with E-state index in [1.165, 1.54) is 0 Å². The monoisotopic (exact) mass is 351 g/mol. The summed E-state index contributed by atoms with van der Waals surface area (Å²) in [6.07, 6.45) is 4.60. The Balaban J connectivity index is 1.43. The van der Waals surface area contributed by atoms with Crippen LogP contribution < -0.4 is 4.74 Å². The first-order valence-corrected chi connectivity index (χ1v) is 9.46. The highest BCUT2D eigenvalue weighted by Gasteiger charge is 2.38. The van der Waals surface area contributed by atoms with Crippen molar-refractivity contribution in [1.29, 1.82) is 0 Å². The highest BCUT2D eigenvalue weighted by Crippen LogP contribution is 2.36. The molecule has 4 nitrogen and oxygen atoms in total. The van der Waals surface area contributed by atoms with Gasteiger partial charge in [-0.2, -0.15) is 0 Å². The standard InChI is InChI=1S/C22H25NO3/c24-21-10-12-22(11-5-15-25-22)13-14-23(21)17-18-6-4-9-20(16-18)26-19-7-2-1-3-8-19/h1-4,6-9,16H,5,10-15,17H2/t22-/m1/s1. The molecule has 4 heteroatoms. The van der Waals surface area contributed by atoms with Crippen LogP contribution in [-0.4, -0.2) is 29.6 Å². The van der Waals surface area contributed by atoms with Gasteiger partial charge >= 0.3 is 0 Å². The zero-order chi connectivity index (χ0) is 17.8. The molecule has 2 aromatic rings. The quantitative estimate of drug-likeness (QED) is 0.812. The van der Waals surface area contributed by atoms with Crippen LogP contribution in [0.1, 0.15) is 37.7 Å². The van der Waals surface area contributed by atoms with Crippen molar-refractivity contribution in [2.45, 2.75) is 44.2 Å². The molecular formula is C22H25NO3. The Morgan fingerprint density at radius 2 is 1.85 bits per heavy atom. The first-order chi connectivity index (χ1) is 12.7. The summed E-state index contributed by atoms with van der Waals surface area (Å²) in [5, 5.41) is 0. The minimum atomic E-state index is -0.0529. The zero-order valence-electron chi connectivity index (χ0n) is 15.0. The van der Waals surface area contributed by atoms with Gasteiger partial charge in [0.25, 0.3) is 0 Å². The maximum absolute atomic E-state index is 12.6. The maximum Gasteiger partial charge on any atom is 0.222 e. The Morgan fingerprint density at radius 3 is 2.65 bits per heavy atom. The summed E-state index contributed by atoms with van der Waals surface area (Å²) < 4.78 is 11.9.